The highest BCUT2D eigenvalue weighted by atomic mass is 16.3. The van der Waals surface area contributed by atoms with E-state index in [1.807, 2.05) is 16.8 Å². The van der Waals surface area contributed by atoms with E-state index in [9.17, 15) is 9.90 Å². The van der Waals surface area contributed by atoms with Crippen LogP contribution in [0.15, 0.2) is 0 Å². The van der Waals surface area contributed by atoms with Crippen LogP contribution in [0.25, 0.3) is 0 Å². The van der Waals surface area contributed by atoms with Crippen molar-refractivity contribution in [3.8, 4) is 0 Å². The second-order valence-corrected chi connectivity index (χ2v) is 4.88. The number of β-amino-alcohol motifs (C(OH)–C–C–N with tert-alkyl or cyclic N) is 1. The number of amides is 1. The SMILES string of the molecule is CN(C(=O)CN1CC(C)(O)C1)C1CC1. The van der Waals surface area contributed by atoms with Crippen molar-refractivity contribution in [1.29, 1.82) is 0 Å². The molecule has 1 aliphatic heterocycles. The van der Waals surface area contributed by atoms with Gasteiger partial charge >= 0.3 is 0 Å². The van der Waals surface area contributed by atoms with Gasteiger partial charge in [0.1, 0.15) is 0 Å². The standard InChI is InChI=1S/C10H18N2O2/c1-10(14)6-12(7-10)5-9(13)11(2)8-3-4-8/h8,14H,3-7H2,1-2H3. The van der Waals surface area contributed by atoms with E-state index in [1.165, 1.54) is 0 Å². The number of carbonyl (C=O) groups excluding carboxylic acids is 1. The molecule has 80 valence electrons. The van der Waals surface area contributed by atoms with Gasteiger partial charge in [0.25, 0.3) is 0 Å². The molecule has 1 saturated heterocycles. The molecule has 0 aromatic rings. The highest BCUT2D eigenvalue weighted by molar-refractivity contribution is 5.78. The van der Waals surface area contributed by atoms with E-state index in [0.29, 0.717) is 25.7 Å². The minimum atomic E-state index is -0.571. The highest BCUT2D eigenvalue weighted by Crippen LogP contribution is 2.26. The molecule has 2 aliphatic rings. The Hall–Kier alpha value is -0.610. The summed E-state index contributed by atoms with van der Waals surface area (Å²) < 4.78 is 0. The summed E-state index contributed by atoms with van der Waals surface area (Å²) in [5.41, 5.74) is -0.571. The summed E-state index contributed by atoms with van der Waals surface area (Å²) in [6, 6.07) is 0.490. The molecule has 0 spiro atoms. The lowest BCUT2D eigenvalue weighted by molar-refractivity contribution is -0.139. The highest BCUT2D eigenvalue weighted by Gasteiger charge is 2.38. The van der Waals surface area contributed by atoms with Gasteiger partial charge in [-0.2, -0.15) is 0 Å². The Morgan fingerprint density at radius 1 is 1.57 bits per heavy atom. The molecule has 1 heterocycles. The van der Waals surface area contributed by atoms with Gasteiger partial charge in [0.05, 0.1) is 12.1 Å². The lowest BCUT2D eigenvalue weighted by Crippen LogP contribution is -2.61. The Morgan fingerprint density at radius 3 is 2.57 bits per heavy atom. The number of hydrogen-bond donors (Lipinski definition) is 1. The Balaban J connectivity index is 1.73. The maximum Gasteiger partial charge on any atom is 0.236 e. The average molecular weight is 198 g/mol. The maximum absolute atomic E-state index is 11.6. The van der Waals surface area contributed by atoms with Gasteiger partial charge in [-0.3, -0.25) is 9.69 Å². The van der Waals surface area contributed by atoms with Crippen LogP contribution in [0.5, 0.6) is 0 Å². The summed E-state index contributed by atoms with van der Waals surface area (Å²) in [4.78, 5) is 15.5. The Kier molecular flexibility index (Phi) is 2.27. The molecular formula is C10H18N2O2. The lowest BCUT2D eigenvalue weighted by Gasteiger charge is -2.44. The van der Waals surface area contributed by atoms with Gasteiger partial charge in [0, 0.05) is 26.2 Å². The second kappa shape index (κ2) is 3.21. The molecule has 0 radical (unpaired) electrons. The minimum Gasteiger partial charge on any atom is -0.388 e. The predicted molar refractivity (Wildman–Crippen MR) is 52.9 cm³/mol. The Morgan fingerprint density at radius 2 is 2.14 bits per heavy atom. The van der Waals surface area contributed by atoms with Crippen molar-refractivity contribution < 1.29 is 9.90 Å². The first-order valence-corrected chi connectivity index (χ1v) is 5.18. The van der Waals surface area contributed by atoms with E-state index < -0.39 is 5.60 Å². The molecule has 0 bridgehead atoms. The molecule has 4 heteroatoms. The number of nitrogens with zero attached hydrogens (tertiary/aromatic N) is 2. The van der Waals surface area contributed by atoms with E-state index in [0.717, 1.165) is 12.8 Å². The van der Waals surface area contributed by atoms with Crippen molar-refractivity contribution in [2.75, 3.05) is 26.7 Å². The largest absolute Gasteiger partial charge is 0.388 e. The molecule has 1 aliphatic carbocycles. The average Bonchev–Trinajstić information content (AvgIpc) is 2.81. The zero-order valence-electron chi connectivity index (χ0n) is 8.86. The fraction of sp³-hybridized carbons (Fsp3) is 0.900. The van der Waals surface area contributed by atoms with Crippen LogP contribution >= 0.6 is 0 Å². The van der Waals surface area contributed by atoms with Crippen LogP contribution in [0.2, 0.25) is 0 Å². The summed E-state index contributed by atoms with van der Waals surface area (Å²) in [7, 11) is 1.87. The van der Waals surface area contributed by atoms with Crippen LogP contribution in [-0.4, -0.2) is 59.1 Å². The monoisotopic (exact) mass is 198 g/mol. The predicted octanol–water partition coefficient (Wildman–Crippen LogP) is -0.326. The molecule has 4 nitrogen and oxygen atoms in total. The maximum atomic E-state index is 11.6. The van der Waals surface area contributed by atoms with E-state index in [2.05, 4.69) is 0 Å². The van der Waals surface area contributed by atoms with Gasteiger partial charge in [0.15, 0.2) is 0 Å². The first kappa shape index (κ1) is 9.93. The second-order valence-electron chi connectivity index (χ2n) is 4.88. The fourth-order valence-corrected chi connectivity index (χ4v) is 2.00. The molecule has 2 fully saturated rings. The zero-order valence-corrected chi connectivity index (χ0v) is 8.86. The van der Waals surface area contributed by atoms with Crippen molar-refractivity contribution >= 4 is 5.91 Å². The van der Waals surface area contributed by atoms with E-state index in [-0.39, 0.29) is 5.91 Å². The third-order valence-electron chi connectivity index (χ3n) is 2.98. The molecule has 0 aromatic carbocycles. The normalized spacial score (nSPS) is 25.6. The summed E-state index contributed by atoms with van der Waals surface area (Å²) >= 11 is 0. The third-order valence-corrected chi connectivity index (χ3v) is 2.98. The van der Waals surface area contributed by atoms with Crippen LogP contribution in [0, 0.1) is 0 Å². The summed E-state index contributed by atoms with van der Waals surface area (Å²) in [6.07, 6.45) is 2.31. The molecule has 14 heavy (non-hydrogen) atoms. The Bertz CT molecular complexity index is 241. The Labute approximate surface area is 84.5 Å². The van der Waals surface area contributed by atoms with E-state index in [4.69, 9.17) is 0 Å². The molecule has 0 unspecified atom stereocenters. The molecule has 1 saturated carbocycles. The third kappa shape index (κ3) is 2.07. The summed E-state index contributed by atoms with van der Waals surface area (Å²) in [5.74, 6) is 0.183. The number of likely N-dealkylation sites (tertiary alicyclic amines) is 1. The number of rotatable bonds is 3. The van der Waals surface area contributed by atoms with Crippen LogP contribution in [0.1, 0.15) is 19.8 Å². The van der Waals surface area contributed by atoms with Crippen molar-refractivity contribution in [3.05, 3.63) is 0 Å². The number of hydrogen-bond acceptors (Lipinski definition) is 3. The van der Waals surface area contributed by atoms with Crippen LogP contribution in [-0.2, 0) is 4.79 Å². The van der Waals surface area contributed by atoms with E-state index in [1.54, 1.807) is 6.92 Å². The van der Waals surface area contributed by atoms with Gasteiger partial charge in [-0.25, -0.2) is 0 Å². The molecule has 0 atom stereocenters. The van der Waals surface area contributed by atoms with Gasteiger partial charge in [-0.15, -0.1) is 0 Å². The number of likely N-dealkylation sites (N-methyl/N-ethyl adjacent to an activating group) is 1. The van der Waals surface area contributed by atoms with Crippen molar-refractivity contribution in [1.82, 2.24) is 9.80 Å². The van der Waals surface area contributed by atoms with Crippen molar-refractivity contribution in [2.24, 2.45) is 0 Å². The minimum absolute atomic E-state index is 0.183. The van der Waals surface area contributed by atoms with Gasteiger partial charge in [0.2, 0.25) is 5.91 Å². The van der Waals surface area contributed by atoms with Crippen LogP contribution in [0.3, 0.4) is 0 Å². The van der Waals surface area contributed by atoms with Gasteiger partial charge in [-0.1, -0.05) is 0 Å². The van der Waals surface area contributed by atoms with Crippen LogP contribution < -0.4 is 0 Å². The zero-order chi connectivity index (χ0) is 10.3. The summed E-state index contributed by atoms with van der Waals surface area (Å²) in [6.45, 7) is 3.51. The molecule has 1 N–H and O–H groups in total. The quantitative estimate of drug-likeness (QED) is 0.675. The molecule has 0 aromatic heterocycles. The summed E-state index contributed by atoms with van der Waals surface area (Å²) in [5, 5.41) is 9.49. The number of carbonyl (C=O) groups is 1. The van der Waals surface area contributed by atoms with Crippen molar-refractivity contribution in [3.63, 3.8) is 0 Å². The molecule has 2 rings (SSSR count). The number of aliphatic hydroxyl groups is 1. The first-order chi connectivity index (χ1) is 6.48. The lowest BCUT2D eigenvalue weighted by atomic mass is 9.97. The van der Waals surface area contributed by atoms with Gasteiger partial charge in [-0.05, 0) is 19.8 Å². The molecule has 1 amide bonds. The molecular weight excluding hydrogens is 180 g/mol. The van der Waals surface area contributed by atoms with Crippen molar-refractivity contribution in [2.45, 2.75) is 31.4 Å². The van der Waals surface area contributed by atoms with Gasteiger partial charge < -0.3 is 10.0 Å². The van der Waals surface area contributed by atoms with E-state index >= 15 is 0 Å². The van der Waals surface area contributed by atoms with Crippen LogP contribution in [0.4, 0.5) is 0 Å². The fourth-order valence-electron chi connectivity index (χ4n) is 2.00. The topological polar surface area (TPSA) is 43.8 Å². The first-order valence-electron chi connectivity index (χ1n) is 5.18. The smallest absolute Gasteiger partial charge is 0.236 e.